The fourth-order valence-electron chi connectivity index (χ4n) is 4.29. The van der Waals surface area contributed by atoms with Gasteiger partial charge in [-0.25, -0.2) is 4.68 Å². The van der Waals surface area contributed by atoms with Crippen molar-refractivity contribution in [1.29, 1.82) is 0 Å². The lowest BCUT2D eigenvalue weighted by Crippen LogP contribution is -2.39. The molecule has 0 aliphatic carbocycles. The number of benzene rings is 1. The zero-order valence-electron chi connectivity index (χ0n) is 15.6. The van der Waals surface area contributed by atoms with E-state index in [1.165, 1.54) is 10.7 Å². The normalized spacial score (nSPS) is 24.1. The van der Waals surface area contributed by atoms with Crippen molar-refractivity contribution in [2.45, 2.75) is 19.5 Å². The van der Waals surface area contributed by atoms with E-state index < -0.39 is 0 Å². The highest BCUT2D eigenvalue weighted by Crippen LogP contribution is 2.43. The summed E-state index contributed by atoms with van der Waals surface area (Å²) in [5.74, 6) is 1.55. The Kier molecular flexibility index (Phi) is 4.70. The van der Waals surface area contributed by atoms with Crippen LogP contribution in [0.5, 0.6) is 5.75 Å². The molecule has 3 atom stereocenters. The molecule has 7 nitrogen and oxygen atoms in total. The first-order valence-electron chi connectivity index (χ1n) is 9.25. The number of rotatable bonds is 4. The first-order valence-corrected chi connectivity index (χ1v) is 9.25. The van der Waals surface area contributed by atoms with Crippen LogP contribution in [0.2, 0.25) is 0 Å². The first kappa shape index (κ1) is 17.7. The van der Waals surface area contributed by atoms with Crippen molar-refractivity contribution in [1.82, 2.24) is 20.0 Å². The summed E-state index contributed by atoms with van der Waals surface area (Å²) in [7, 11) is 1.64. The molecule has 0 unspecified atom stereocenters. The Bertz CT molecular complexity index is 893. The van der Waals surface area contributed by atoms with Gasteiger partial charge in [0.05, 0.1) is 18.8 Å². The Morgan fingerprint density at radius 3 is 2.74 bits per heavy atom. The molecule has 3 heterocycles. The van der Waals surface area contributed by atoms with Crippen molar-refractivity contribution >= 4 is 5.91 Å². The van der Waals surface area contributed by atoms with Crippen LogP contribution in [0.15, 0.2) is 41.2 Å². The Balaban J connectivity index is 1.62. The average molecular weight is 368 g/mol. The van der Waals surface area contributed by atoms with E-state index in [0.717, 1.165) is 30.1 Å². The molecule has 7 heteroatoms. The van der Waals surface area contributed by atoms with Gasteiger partial charge in [0.2, 0.25) is 5.91 Å². The van der Waals surface area contributed by atoms with E-state index in [4.69, 9.17) is 4.74 Å². The number of hydrogen-bond donors (Lipinski definition) is 1. The van der Waals surface area contributed by atoms with Crippen LogP contribution in [-0.2, 0) is 11.3 Å². The third kappa shape index (κ3) is 3.35. The molecule has 2 aliphatic rings. The van der Waals surface area contributed by atoms with Gasteiger partial charge in [-0.15, -0.1) is 0 Å². The van der Waals surface area contributed by atoms with E-state index in [0.29, 0.717) is 18.4 Å². The monoisotopic (exact) mass is 368 g/mol. The van der Waals surface area contributed by atoms with Crippen LogP contribution in [0.25, 0.3) is 0 Å². The predicted molar refractivity (Wildman–Crippen MR) is 101 cm³/mol. The van der Waals surface area contributed by atoms with Gasteiger partial charge in [0.25, 0.3) is 5.56 Å². The minimum Gasteiger partial charge on any atom is -0.497 e. The minimum atomic E-state index is -0.254. The second-order valence-electron chi connectivity index (χ2n) is 7.32. The number of nitrogens with zero attached hydrogens (tertiary/aromatic N) is 3. The number of aryl methyl sites for hydroxylation is 1. The maximum Gasteiger partial charge on any atom is 0.267 e. The average Bonchev–Trinajstić information content (AvgIpc) is 3.26. The molecule has 4 rings (SSSR count). The van der Waals surface area contributed by atoms with Gasteiger partial charge >= 0.3 is 0 Å². The molecule has 1 amide bonds. The number of methoxy groups -OCH3 is 1. The van der Waals surface area contributed by atoms with Crippen LogP contribution >= 0.6 is 0 Å². The summed E-state index contributed by atoms with van der Waals surface area (Å²) in [6.45, 7) is 4.30. The molecule has 1 N–H and O–H groups in total. The largest absolute Gasteiger partial charge is 0.497 e. The molecular weight excluding hydrogens is 344 g/mol. The molecule has 2 saturated heterocycles. The molecule has 0 spiro atoms. The van der Waals surface area contributed by atoms with Gasteiger partial charge in [-0.3, -0.25) is 9.59 Å². The van der Waals surface area contributed by atoms with E-state index >= 15 is 0 Å². The number of aromatic nitrogens is 2. The van der Waals surface area contributed by atoms with Crippen molar-refractivity contribution in [2.75, 3.05) is 26.7 Å². The summed E-state index contributed by atoms with van der Waals surface area (Å²) in [5.41, 5.74) is 1.57. The van der Waals surface area contributed by atoms with E-state index in [1.807, 2.05) is 36.1 Å². The quantitative estimate of drug-likeness (QED) is 0.871. The molecule has 1 aromatic carbocycles. The Morgan fingerprint density at radius 2 is 2.00 bits per heavy atom. The van der Waals surface area contributed by atoms with Crippen LogP contribution in [0.1, 0.15) is 17.3 Å². The van der Waals surface area contributed by atoms with Crippen LogP contribution in [-0.4, -0.2) is 47.3 Å². The molecule has 2 fully saturated rings. The van der Waals surface area contributed by atoms with E-state index in [1.54, 1.807) is 13.2 Å². The molecule has 0 radical (unpaired) electrons. The molecule has 142 valence electrons. The van der Waals surface area contributed by atoms with Crippen molar-refractivity contribution < 1.29 is 9.53 Å². The van der Waals surface area contributed by atoms with Crippen molar-refractivity contribution in [2.24, 2.45) is 11.8 Å². The van der Waals surface area contributed by atoms with Gasteiger partial charge in [-0.05, 0) is 36.6 Å². The molecule has 0 saturated carbocycles. The van der Waals surface area contributed by atoms with Gasteiger partial charge < -0.3 is 15.0 Å². The summed E-state index contributed by atoms with van der Waals surface area (Å²) in [6, 6.07) is 11.0. The maximum atomic E-state index is 13.1. The highest BCUT2D eigenvalue weighted by Gasteiger charge is 2.46. The number of carbonyl (C=O) groups excluding carboxylic acids is 1. The van der Waals surface area contributed by atoms with Crippen molar-refractivity contribution in [3.63, 3.8) is 0 Å². The molecule has 27 heavy (non-hydrogen) atoms. The lowest BCUT2D eigenvalue weighted by atomic mass is 9.89. The second kappa shape index (κ2) is 7.15. The minimum absolute atomic E-state index is 0.00363. The molecular formula is C20H24N4O3. The smallest absolute Gasteiger partial charge is 0.267 e. The highest BCUT2D eigenvalue weighted by atomic mass is 16.5. The van der Waals surface area contributed by atoms with E-state index in [-0.39, 0.29) is 24.1 Å². The number of amides is 1. The van der Waals surface area contributed by atoms with Gasteiger partial charge in [-0.1, -0.05) is 12.1 Å². The highest BCUT2D eigenvalue weighted by molar-refractivity contribution is 5.77. The van der Waals surface area contributed by atoms with Crippen LogP contribution in [0.4, 0.5) is 0 Å². The number of fused-ring (bicyclic) bond motifs is 1. The SMILES string of the molecule is COc1ccc([C@H]2[C@H]3CNC[C@H]3CN2C(=O)Cn2nc(C)ccc2=O)cc1. The van der Waals surface area contributed by atoms with Crippen LogP contribution < -0.4 is 15.6 Å². The summed E-state index contributed by atoms with van der Waals surface area (Å²) >= 11 is 0. The Hall–Kier alpha value is -2.67. The van der Waals surface area contributed by atoms with Gasteiger partial charge in [0.15, 0.2) is 0 Å². The Labute approximate surface area is 157 Å². The van der Waals surface area contributed by atoms with Crippen LogP contribution in [0.3, 0.4) is 0 Å². The molecule has 0 bridgehead atoms. The summed E-state index contributed by atoms with van der Waals surface area (Å²) in [6.07, 6.45) is 0. The zero-order valence-corrected chi connectivity index (χ0v) is 15.6. The van der Waals surface area contributed by atoms with E-state index in [2.05, 4.69) is 10.4 Å². The number of likely N-dealkylation sites (tertiary alicyclic amines) is 1. The predicted octanol–water partition coefficient (Wildman–Crippen LogP) is 0.979. The number of hydrogen-bond acceptors (Lipinski definition) is 5. The zero-order chi connectivity index (χ0) is 19.0. The third-order valence-corrected chi connectivity index (χ3v) is 5.63. The van der Waals surface area contributed by atoms with Crippen LogP contribution in [0, 0.1) is 18.8 Å². The number of ether oxygens (including phenoxy) is 1. The molecule has 2 aromatic rings. The van der Waals surface area contributed by atoms with E-state index in [9.17, 15) is 9.59 Å². The summed E-state index contributed by atoms with van der Waals surface area (Å²) < 4.78 is 6.52. The fourth-order valence-corrected chi connectivity index (χ4v) is 4.29. The third-order valence-electron chi connectivity index (χ3n) is 5.63. The summed E-state index contributed by atoms with van der Waals surface area (Å²) in [5, 5.41) is 7.65. The number of carbonyl (C=O) groups is 1. The maximum absolute atomic E-state index is 13.1. The lowest BCUT2D eigenvalue weighted by Gasteiger charge is -2.28. The van der Waals surface area contributed by atoms with Gasteiger partial charge in [-0.2, -0.15) is 5.10 Å². The fraction of sp³-hybridized carbons (Fsp3) is 0.450. The van der Waals surface area contributed by atoms with Crippen molar-refractivity contribution in [3.05, 3.63) is 58.0 Å². The second-order valence-corrected chi connectivity index (χ2v) is 7.32. The topological polar surface area (TPSA) is 76.5 Å². The Morgan fingerprint density at radius 1 is 1.22 bits per heavy atom. The molecule has 1 aromatic heterocycles. The van der Waals surface area contributed by atoms with Gasteiger partial charge in [0.1, 0.15) is 12.3 Å². The standard InChI is InChI=1S/C20H24N4O3/c1-13-3-8-18(25)24(22-13)12-19(26)23-11-15-9-21-10-17(15)20(23)14-4-6-16(27-2)7-5-14/h3-8,15,17,20-21H,9-12H2,1-2H3/t15-,17-,20-/m0/s1. The number of nitrogens with one attached hydrogen (secondary N) is 1. The summed E-state index contributed by atoms with van der Waals surface area (Å²) in [4.78, 5) is 27.1. The van der Waals surface area contributed by atoms with Gasteiger partial charge in [0, 0.05) is 31.6 Å². The lowest BCUT2D eigenvalue weighted by molar-refractivity contribution is -0.133. The molecule has 2 aliphatic heterocycles. The first-order chi connectivity index (χ1) is 13.1. The van der Waals surface area contributed by atoms with Crippen molar-refractivity contribution in [3.8, 4) is 5.75 Å².